The fourth-order valence-electron chi connectivity index (χ4n) is 3.30. The van der Waals surface area contributed by atoms with Crippen LogP contribution >= 0.6 is 24.0 Å². The van der Waals surface area contributed by atoms with Gasteiger partial charge in [0, 0.05) is 51.7 Å². The molecule has 2 heterocycles. The van der Waals surface area contributed by atoms with Crippen LogP contribution in [-0.2, 0) is 6.42 Å². The number of hydrogen-bond acceptors (Lipinski definition) is 5. The maximum Gasteiger partial charge on any atom is 0.225 e. The molecular formula is C22H33IN6O. The van der Waals surface area contributed by atoms with Crippen LogP contribution in [0, 0.1) is 0 Å². The van der Waals surface area contributed by atoms with E-state index in [9.17, 15) is 0 Å². The minimum atomic E-state index is 0. The van der Waals surface area contributed by atoms with Crippen LogP contribution in [0.4, 0.5) is 5.95 Å². The van der Waals surface area contributed by atoms with E-state index in [2.05, 4.69) is 57.1 Å². The third kappa shape index (κ3) is 7.30. The molecular weight excluding hydrogens is 491 g/mol. The summed E-state index contributed by atoms with van der Waals surface area (Å²) in [6.07, 6.45) is 5.51. The van der Waals surface area contributed by atoms with Crippen LogP contribution in [0.3, 0.4) is 0 Å². The van der Waals surface area contributed by atoms with Crippen molar-refractivity contribution in [3.05, 3.63) is 48.3 Å². The maximum atomic E-state index is 5.73. The number of nitrogens with one attached hydrogen (secondary N) is 1. The number of piperazine rings is 1. The van der Waals surface area contributed by atoms with Crippen LogP contribution in [0.1, 0.15) is 25.8 Å². The molecule has 1 N–H and O–H groups in total. The van der Waals surface area contributed by atoms with Crippen molar-refractivity contribution >= 4 is 35.9 Å². The molecule has 0 radical (unpaired) electrons. The minimum absolute atomic E-state index is 0. The smallest absolute Gasteiger partial charge is 0.225 e. The molecule has 0 saturated carbocycles. The molecule has 1 fully saturated rings. The maximum absolute atomic E-state index is 5.73. The van der Waals surface area contributed by atoms with Gasteiger partial charge in [-0.3, -0.25) is 4.99 Å². The highest BCUT2D eigenvalue weighted by atomic mass is 127. The molecule has 8 heteroatoms. The van der Waals surface area contributed by atoms with Gasteiger partial charge in [0.05, 0.1) is 6.61 Å². The van der Waals surface area contributed by atoms with Crippen LogP contribution in [0.2, 0.25) is 0 Å². The van der Waals surface area contributed by atoms with Gasteiger partial charge in [0.1, 0.15) is 5.75 Å². The molecule has 0 aliphatic carbocycles. The van der Waals surface area contributed by atoms with E-state index in [-0.39, 0.29) is 24.0 Å². The van der Waals surface area contributed by atoms with E-state index >= 15 is 0 Å². The summed E-state index contributed by atoms with van der Waals surface area (Å²) >= 11 is 0. The number of nitrogens with zero attached hydrogens (tertiary/aromatic N) is 5. The number of halogens is 1. The van der Waals surface area contributed by atoms with Crippen LogP contribution in [0.25, 0.3) is 0 Å². The Balaban J connectivity index is 0.00000320. The van der Waals surface area contributed by atoms with Gasteiger partial charge in [0.25, 0.3) is 0 Å². The first kappa shape index (κ1) is 24.2. The highest BCUT2D eigenvalue weighted by Gasteiger charge is 2.20. The van der Waals surface area contributed by atoms with Gasteiger partial charge in [0.15, 0.2) is 5.96 Å². The van der Waals surface area contributed by atoms with Crippen molar-refractivity contribution in [3.8, 4) is 5.75 Å². The summed E-state index contributed by atoms with van der Waals surface area (Å²) in [4.78, 5) is 18.1. The fourth-order valence-corrected chi connectivity index (χ4v) is 3.30. The highest BCUT2D eigenvalue weighted by molar-refractivity contribution is 14.0. The zero-order valence-corrected chi connectivity index (χ0v) is 20.3. The summed E-state index contributed by atoms with van der Waals surface area (Å²) in [6.45, 7) is 10.2. The van der Waals surface area contributed by atoms with E-state index < -0.39 is 0 Å². The predicted octanol–water partition coefficient (Wildman–Crippen LogP) is 3.21. The monoisotopic (exact) mass is 524 g/mol. The van der Waals surface area contributed by atoms with E-state index in [4.69, 9.17) is 9.73 Å². The summed E-state index contributed by atoms with van der Waals surface area (Å²) < 4.78 is 5.73. The molecule has 3 rings (SSSR count). The average molecular weight is 524 g/mol. The topological polar surface area (TPSA) is 65.9 Å². The van der Waals surface area contributed by atoms with Crippen molar-refractivity contribution in [1.82, 2.24) is 20.2 Å². The van der Waals surface area contributed by atoms with Crippen molar-refractivity contribution in [3.63, 3.8) is 0 Å². The molecule has 30 heavy (non-hydrogen) atoms. The molecule has 1 aliphatic rings. The molecule has 1 aromatic carbocycles. The molecule has 0 spiro atoms. The Morgan fingerprint density at radius 2 is 1.87 bits per heavy atom. The highest BCUT2D eigenvalue weighted by Crippen LogP contribution is 2.14. The Morgan fingerprint density at radius 1 is 1.10 bits per heavy atom. The van der Waals surface area contributed by atoms with Gasteiger partial charge in [-0.2, -0.15) is 0 Å². The number of hydrogen-bond donors (Lipinski definition) is 1. The predicted molar refractivity (Wildman–Crippen MR) is 133 cm³/mol. The van der Waals surface area contributed by atoms with Gasteiger partial charge in [0.2, 0.25) is 5.95 Å². The Labute approximate surface area is 197 Å². The lowest BCUT2D eigenvalue weighted by atomic mass is 10.1. The molecule has 2 aromatic rings. The van der Waals surface area contributed by atoms with Gasteiger partial charge in [-0.1, -0.05) is 19.1 Å². The van der Waals surface area contributed by atoms with E-state index in [0.29, 0.717) is 0 Å². The van der Waals surface area contributed by atoms with Crippen LogP contribution in [0.5, 0.6) is 5.75 Å². The van der Waals surface area contributed by atoms with Gasteiger partial charge in [-0.25, -0.2) is 9.97 Å². The summed E-state index contributed by atoms with van der Waals surface area (Å²) in [7, 11) is 0. The summed E-state index contributed by atoms with van der Waals surface area (Å²) in [5.74, 6) is 2.73. The summed E-state index contributed by atoms with van der Waals surface area (Å²) in [5.41, 5.74) is 1.25. The molecule has 164 valence electrons. The third-order valence-corrected chi connectivity index (χ3v) is 4.78. The van der Waals surface area contributed by atoms with Crippen molar-refractivity contribution in [1.29, 1.82) is 0 Å². The largest absolute Gasteiger partial charge is 0.494 e. The van der Waals surface area contributed by atoms with Gasteiger partial charge in [-0.15, -0.1) is 24.0 Å². The second-order valence-electron chi connectivity index (χ2n) is 7.00. The number of rotatable bonds is 8. The van der Waals surface area contributed by atoms with E-state index in [0.717, 1.165) is 76.4 Å². The first-order valence-corrected chi connectivity index (χ1v) is 10.6. The molecule has 0 atom stereocenters. The number of guanidine groups is 1. The Hall–Kier alpha value is -2.10. The lowest BCUT2D eigenvalue weighted by molar-refractivity contribution is 0.317. The van der Waals surface area contributed by atoms with E-state index in [1.54, 1.807) is 12.4 Å². The molecule has 0 amide bonds. The van der Waals surface area contributed by atoms with Crippen molar-refractivity contribution in [2.75, 3.05) is 50.8 Å². The second kappa shape index (κ2) is 13.3. The third-order valence-electron chi connectivity index (χ3n) is 4.78. The van der Waals surface area contributed by atoms with Crippen molar-refractivity contribution < 1.29 is 4.74 Å². The van der Waals surface area contributed by atoms with Gasteiger partial charge in [-0.05, 0) is 43.5 Å². The fraction of sp³-hybridized carbons (Fsp3) is 0.500. The molecule has 0 unspecified atom stereocenters. The number of aliphatic imine (C=N–C) groups is 1. The minimum Gasteiger partial charge on any atom is -0.494 e. The Morgan fingerprint density at radius 3 is 2.57 bits per heavy atom. The van der Waals surface area contributed by atoms with Crippen LogP contribution in [0.15, 0.2) is 47.7 Å². The summed E-state index contributed by atoms with van der Waals surface area (Å²) in [6, 6.07) is 10.2. The average Bonchev–Trinajstić information content (AvgIpc) is 2.78. The lowest BCUT2D eigenvalue weighted by Gasteiger charge is -2.36. The molecule has 1 aromatic heterocycles. The lowest BCUT2D eigenvalue weighted by Crippen LogP contribution is -2.53. The first-order valence-electron chi connectivity index (χ1n) is 10.6. The van der Waals surface area contributed by atoms with Crippen LogP contribution in [-0.4, -0.2) is 66.7 Å². The van der Waals surface area contributed by atoms with E-state index in [1.807, 2.05) is 12.1 Å². The van der Waals surface area contributed by atoms with E-state index in [1.165, 1.54) is 5.56 Å². The molecule has 0 bridgehead atoms. The zero-order chi connectivity index (χ0) is 20.3. The van der Waals surface area contributed by atoms with Gasteiger partial charge >= 0.3 is 0 Å². The Bertz CT molecular complexity index is 765. The normalized spacial score (nSPS) is 14.3. The number of ether oxygens (including phenoxy) is 1. The standard InChI is InChI=1S/C22H32N6O.HI/c1-3-17-29-20-8-5-7-19(18-20)9-12-26-21(23-4-2)27-13-15-28(16-14-27)22-24-10-6-11-25-22;/h5-8,10-11,18H,3-4,9,12-17H2,1-2H3,(H,23,26);1H. The number of benzene rings is 1. The van der Waals surface area contributed by atoms with Gasteiger partial charge < -0.3 is 19.9 Å². The quantitative estimate of drug-likeness (QED) is 0.325. The molecule has 7 nitrogen and oxygen atoms in total. The Kier molecular flexibility index (Phi) is 10.7. The summed E-state index contributed by atoms with van der Waals surface area (Å²) in [5, 5.41) is 3.43. The number of anilines is 1. The van der Waals surface area contributed by atoms with Crippen LogP contribution < -0.4 is 15.0 Å². The molecule has 1 aliphatic heterocycles. The number of aromatic nitrogens is 2. The van der Waals surface area contributed by atoms with Crippen molar-refractivity contribution in [2.45, 2.75) is 26.7 Å². The van der Waals surface area contributed by atoms with Crippen molar-refractivity contribution in [2.24, 2.45) is 4.99 Å². The second-order valence-corrected chi connectivity index (χ2v) is 7.00. The zero-order valence-electron chi connectivity index (χ0n) is 18.0. The molecule has 1 saturated heterocycles. The first-order chi connectivity index (χ1) is 14.3. The SMILES string of the molecule is CCCOc1cccc(CCN=C(NCC)N2CCN(c3ncccn3)CC2)c1.I.